The summed E-state index contributed by atoms with van der Waals surface area (Å²) in [5.41, 5.74) is 0.841. The summed E-state index contributed by atoms with van der Waals surface area (Å²) in [7, 11) is 0. The lowest BCUT2D eigenvalue weighted by atomic mass is 10.1. The van der Waals surface area contributed by atoms with E-state index in [1.165, 1.54) is 10.9 Å². The zero-order chi connectivity index (χ0) is 18.3. The average molecular weight is 354 g/mol. The number of alkyl halides is 3. The van der Waals surface area contributed by atoms with Crippen LogP contribution in [0.3, 0.4) is 0 Å². The van der Waals surface area contributed by atoms with Crippen LogP contribution in [-0.4, -0.2) is 19.7 Å². The smallest absolute Gasteiger partial charge is 0.255 e. The van der Waals surface area contributed by atoms with E-state index in [2.05, 4.69) is 15.1 Å². The third-order valence-electron chi connectivity index (χ3n) is 4.05. The Morgan fingerprint density at radius 1 is 0.923 bits per heavy atom. The van der Waals surface area contributed by atoms with Crippen LogP contribution in [0.4, 0.5) is 13.2 Å². The lowest BCUT2D eigenvalue weighted by Gasteiger charge is -2.11. The number of halogens is 3. The van der Waals surface area contributed by atoms with Crippen molar-refractivity contribution in [3.05, 3.63) is 72.1 Å². The molecular weight excluding hydrogens is 341 g/mol. The number of pyridine rings is 2. The molecule has 0 bridgehead atoms. The SMILES string of the molecule is Cc1nn(-c2ccccc2)c2nc(-c3ccccn3)cc(C(F)(F)F)c12. The van der Waals surface area contributed by atoms with Gasteiger partial charge < -0.3 is 0 Å². The van der Waals surface area contributed by atoms with Crippen LogP contribution < -0.4 is 0 Å². The second-order valence-electron chi connectivity index (χ2n) is 5.80. The van der Waals surface area contributed by atoms with Gasteiger partial charge in [0.2, 0.25) is 0 Å². The quantitative estimate of drug-likeness (QED) is 0.519. The fraction of sp³-hybridized carbons (Fsp3) is 0.105. The Kier molecular flexibility index (Phi) is 3.72. The van der Waals surface area contributed by atoms with Crippen LogP contribution in [0.25, 0.3) is 28.1 Å². The number of aryl methyl sites for hydroxylation is 1. The normalized spacial score (nSPS) is 11.8. The maximum Gasteiger partial charge on any atom is 0.417 e. The number of benzene rings is 1. The third-order valence-corrected chi connectivity index (χ3v) is 4.05. The average Bonchev–Trinajstić information content (AvgIpc) is 2.98. The molecule has 130 valence electrons. The van der Waals surface area contributed by atoms with E-state index in [4.69, 9.17) is 0 Å². The van der Waals surface area contributed by atoms with Gasteiger partial charge in [-0.25, -0.2) is 9.67 Å². The van der Waals surface area contributed by atoms with E-state index in [9.17, 15) is 13.2 Å². The fourth-order valence-corrected chi connectivity index (χ4v) is 2.91. The highest BCUT2D eigenvalue weighted by Gasteiger charge is 2.36. The molecule has 4 aromatic rings. The topological polar surface area (TPSA) is 43.6 Å². The molecule has 0 radical (unpaired) electrons. The zero-order valence-electron chi connectivity index (χ0n) is 13.7. The van der Waals surface area contributed by atoms with Crippen molar-refractivity contribution in [2.45, 2.75) is 13.1 Å². The first-order chi connectivity index (χ1) is 12.4. The maximum absolute atomic E-state index is 13.7. The van der Waals surface area contributed by atoms with Crippen molar-refractivity contribution < 1.29 is 13.2 Å². The number of aromatic nitrogens is 4. The molecule has 0 atom stereocenters. The Morgan fingerprint density at radius 2 is 1.65 bits per heavy atom. The van der Waals surface area contributed by atoms with E-state index in [1.54, 1.807) is 49.4 Å². The van der Waals surface area contributed by atoms with Crippen LogP contribution in [-0.2, 0) is 6.18 Å². The molecule has 0 aliphatic carbocycles. The summed E-state index contributed by atoms with van der Waals surface area (Å²) in [6.45, 7) is 1.55. The predicted octanol–water partition coefficient (Wildman–Crippen LogP) is 4.81. The highest BCUT2D eigenvalue weighted by atomic mass is 19.4. The van der Waals surface area contributed by atoms with Gasteiger partial charge in [-0.2, -0.15) is 18.3 Å². The predicted molar refractivity (Wildman–Crippen MR) is 91.8 cm³/mol. The molecule has 4 rings (SSSR count). The molecule has 0 saturated heterocycles. The van der Waals surface area contributed by atoms with Gasteiger partial charge in [0, 0.05) is 6.20 Å². The van der Waals surface area contributed by atoms with Crippen LogP contribution in [0.15, 0.2) is 60.8 Å². The molecule has 7 heteroatoms. The second kappa shape index (κ2) is 5.94. The molecule has 0 unspecified atom stereocenters. The Bertz CT molecular complexity index is 1070. The molecule has 0 saturated carbocycles. The van der Waals surface area contributed by atoms with Gasteiger partial charge in [-0.3, -0.25) is 4.98 Å². The number of rotatable bonds is 2. The molecule has 0 spiro atoms. The van der Waals surface area contributed by atoms with Crippen LogP contribution >= 0.6 is 0 Å². The fourth-order valence-electron chi connectivity index (χ4n) is 2.91. The molecule has 3 aromatic heterocycles. The Balaban J connectivity index is 2.08. The second-order valence-corrected chi connectivity index (χ2v) is 5.80. The van der Waals surface area contributed by atoms with E-state index in [-0.39, 0.29) is 22.4 Å². The van der Waals surface area contributed by atoms with Gasteiger partial charge in [0.25, 0.3) is 0 Å². The molecule has 0 N–H and O–H groups in total. The zero-order valence-corrected chi connectivity index (χ0v) is 13.7. The molecular formula is C19H13F3N4. The van der Waals surface area contributed by atoms with Crippen molar-refractivity contribution in [2.24, 2.45) is 0 Å². The lowest BCUT2D eigenvalue weighted by molar-refractivity contribution is -0.136. The van der Waals surface area contributed by atoms with Crippen LogP contribution in [0.5, 0.6) is 0 Å². The highest BCUT2D eigenvalue weighted by molar-refractivity contribution is 5.86. The summed E-state index contributed by atoms with van der Waals surface area (Å²) in [4.78, 5) is 8.58. The molecule has 0 aliphatic heterocycles. The van der Waals surface area contributed by atoms with Gasteiger partial charge >= 0.3 is 6.18 Å². The standard InChI is InChI=1S/C19H13F3N4/c1-12-17-14(19(20,21)22)11-16(15-9-5-6-10-23-15)24-18(17)26(25-12)13-7-3-2-4-8-13/h2-11H,1H3. The van der Waals surface area contributed by atoms with Crippen LogP contribution in [0.2, 0.25) is 0 Å². The van der Waals surface area contributed by atoms with Crippen molar-refractivity contribution in [1.82, 2.24) is 19.7 Å². The van der Waals surface area contributed by atoms with Crippen LogP contribution in [0.1, 0.15) is 11.3 Å². The lowest BCUT2D eigenvalue weighted by Crippen LogP contribution is -2.08. The van der Waals surface area contributed by atoms with Gasteiger partial charge in [-0.15, -0.1) is 0 Å². The molecule has 0 amide bonds. The van der Waals surface area contributed by atoms with Crippen molar-refractivity contribution in [3.63, 3.8) is 0 Å². The molecule has 0 aliphatic rings. The van der Waals surface area contributed by atoms with Gasteiger partial charge in [-0.1, -0.05) is 24.3 Å². The number of nitrogens with zero attached hydrogens (tertiary/aromatic N) is 4. The summed E-state index contributed by atoms with van der Waals surface area (Å²) in [5, 5.41) is 4.30. The minimum Gasteiger partial charge on any atom is -0.255 e. The first-order valence-corrected chi connectivity index (χ1v) is 7.89. The van der Waals surface area contributed by atoms with E-state index in [0.29, 0.717) is 11.4 Å². The first-order valence-electron chi connectivity index (χ1n) is 7.89. The van der Waals surface area contributed by atoms with E-state index >= 15 is 0 Å². The number of fused-ring (bicyclic) bond motifs is 1. The van der Waals surface area contributed by atoms with Crippen LogP contribution in [0, 0.1) is 6.92 Å². The maximum atomic E-state index is 13.7. The summed E-state index contributed by atoms with van der Waals surface area (Å²) in [5.74, 6) is 0. The number of para-hydroxylation sites is 1. The van der Waals surface area contributed by atoms with Crippen molar-refractivity contribution in [2.75, 3.05) is 0 Å². The van der Waals surface area contributed by atoms with E-state index in [0.717, 1.165) is 6.07 Å². The minimum atomic E-state index is -4.53. The Hall–Kier alpha value is -3.22. The largest absolute Gasteiger partial charge is 0.417 e. The third kappa shape index (κ3) is 2.71. The number of hydrogen-bond donors (Lipinski definition) is 0. The highest BCUT2D eigenvalue weighted by Crippen LogP contribution is 2.38. The van der Waals surface area contributed by atoms with Gasteiger partial charge in [0.15, 0.2) is 5.65 Å². The Labute approximate surface area is 147 Å². The number of hydrogen-bond acceptors (Lipinski definition) is 3. The molecule has 3 heterocycles. The van der Waals surface area contributed by atoms with E-state index < -0.39 is 11.7 Å². The minimum absolute atomic E-state index is 0.000958. The summed E-state index contributed by atoms with van der Waals surface area (Å²) >= 11 is 0. The molecule has 0 fully saturated rings. The van der Waals surface area contributed by atoms with Crippen molar-refractivity contribution in [1.29, 1.82) is 0 Å². The van der Waals surface area contributed by atoms with E-state index in [1.807, 2.05) is 6.07 Å². The summed E-state index contributed by atoms with van der Waals surface area (Å²) in [6, 6.07) is 15.0. The summed E-state index contributed by atoms with van der Waals surface area (Å²) in [6.07, 6.45) is -3.01. The molecule has 26 heavy (non-hydrogen) atoms. The first kappa shape index (κ1) is 16.3. The van der Waals surface area contributed by atoms with Crippen molar-refractivity contribution in [3.8, 4) is 17.1 Å². The molecule has 4 nitrogen and oxygen atoms in total. The summed E-state index contributed by atoms with van der Waals surface area (Å²) < 4.78 is 42.6. The monoisotopic (exact) mass is 354 g/mol. The van der Waals surface area contributed by atoms with Gasteiger partial charge in [0.05, 0.1) is 33.7 Å². The van der Waals surface area contributed by atoms with Gasteiger partial charge in [0.1, 0.15) is 0 Å². The Morgan fingerprint density at radius 3 is 2.31 bits per heavy atom. The van der Waals surface area contributed by atoms with Crippen molar-refractivity contribution >= 4 is 11.0 Å². The van der Waals surface area contributed by atoms with Gasteiger partial charge in [-0.05, 0) is 37.3 Å². The molecule has 1 aromatic carbocycles.